The molecule has 0 bridgehead atoms. The lowest BCUT2D eigenvalue weighted by molar-refractivity contribution is -0.385. The number of rotatable bonds is 11. The monoisotopic (exact) mass is 633 g/mol. The van der Waals surface area contributed by atoms with Crippen LogP contribution in [0.25, 0.3) is 0 Å². The Morgan fingerprint density at radius 2 is 1.49 bits per heavy atom. The maximum atomic E-state index is 12.4. The summed E-state index contributed by atoms with van der Waals surface area (Å²) in [6.45, 7) is -1.80. The molecule has 0 aliphatic carbocycles. The molecule has 0 radical (unpaired) electrons. The molecule has 1 amide bonds. The van der Waals surface area contributed by atoms with Gasteiger partial charge in [0.15, 0.2) is 12.6 Å². The number of aliphatic hydroxyl groups excluding tert-OH is 11. The van der Waals surface area contributed by atoms with Gasteiger partial charge in [0.1, 0.15) is 73.2 Å². The number of aliphatic hydroxyl groups is 11. The Balaban J connectivity index is 1.94. The minimum Gasteiger partial charge on any atom is -0.477 e. The van der Waals surface area contributed by atoms with Crippen molar-refractivity contribution in [3.63, 3.8) is 0 Å². The molecule has 3 fully saturated rings. The average Bonchev–Trinajstić information content (AvgIpc) is 2.96. The molecule has 0 aromatic rings. The maximum Gasteiger partial charge on any atom is 0.364 e. The number of aliphatic carboxylic acids is 1. The summed E-state index contributed by atoms with van der Waals surface area (Å²) in [6, 6.07) is -1.52. The molecular weight excluding hydrogens is 594 g/mol. The van der Waals surface area contributed by atoms with Crippen LogP contribution in [0.5, 0.6) is 0 Å². The highest BCUT2D eigenvalue weighted by atomic mass is 16.8. The first-order valence-electron chi connectivity index (χ1n) is 13.2. The number of carbonyl (C=O) groups is 2. The van der Waals surface area contributed by atoms with Gasteiger partial charge in [0.2, 0.25) is 5.91 Å². The Hall–Kier alpha value is -1.70. The summed E-state index contributed by atoms with van der Waals surface area (Å²) in [6.07, 6.45) is -28.0. The number of nitrogens with one attached hydrogen (secondary N) is 1. The zero-order valence-corrected chi connectivity index (χ0v) is 22.7. The molecule has 3 heterocycles. The summed E-state index contributed by atoms with van der Waals surface area (Å²) >= 11 is 0. The van der Waals surface area contributed by atoms with E-state index in [0.717, 1.165) is 6.92 Å². The Morgan fingerprint density at radius 1 is 0.907 bits per heavy atom. The van der Waals surface area contributed by atoms with Crippen molar-refractivity contribution in [1.82, 2.24) is 5.32 Å². The Labute approximate surface area is 243 Å². The smallest absolute Gasteiger partial charge is 0.364 e. The van der Waals surface area contributed by atoms with Crippen LogP contribution in [0.15, 0.2) is 0 Å². The number of ether oxygens (including phenoxy) is 5. The first-order chi connectivity index (χ1) is 20.1. The Bertz CT molecular complexity index is 944. The van der Waals surface area contributed by atoms with Gasteiger partial charge in [0.05, 0.1) is 25.9 Å². The van der Waals surface area contributed by atoms with E-state index in [1.54, 1.807) is 0 Å². The van der Waals surface area contributed by atoms with Gasteiger partial charge >= 0.3 is 5.97 Å². The van der Waals surface area contributed by atoms with Crippen LogP contribution < -0.4 is 5.32 Å². The largest absolute Gasteiger partial charge is 0.477 e. The van der Waals surface area contributed by atoms with Crippen molar-refractivity contribution in [2.75, 3.05) is 19.8 Å². The SMILES string of the molecule is CC(=O)N[C@@H]1[C@@H](O[C@@H]2O[C@H](CO)[C@H](O)[C@H](O[C@]3(C(=O)O)C[C@H](O)[C@@H](O)[C@H]([C@H](O)[C@H](O)CO)O3)[C@H]2O)[C@@H](O)[C@@H](CO)O[C@@H]1O. The minimum absolute atomic E-state index is 0.715. The molecule has 3 aliphatic rings. The van der Waals surface area contributed by atoms with Crippen LogP contribution in [-0.2, 0) is 33.3 Å². The number of carboxylic acid groups (broad SMARTS) is 1. The second-order valence-corrected chi connectivity index (χ2v) is 10.5. The van der Waals surface area contributed by atoms with Crippen molar-refractivity contribution in [3.8, 4) is 0 Å². The molecule has 3 aliphatic heterocycles. The zero-order chi connectivity index (χ0) is 32.4. The van der Waals surface area contributed by atoms with E-state index >= 15 is 0 Å². The molecule has 0 spiro atoms. The molecule has 43 heavy (non-hydrogen) atoms. The number of carbonyl (C=O) groups excluding carboxylic acids is 1. The van der Waals surface area contributed by atoms with Gasteiger partial charge in [-0.05, 0) is 0 Å². The van der Waals surface area contributed by atoms with Gasteiger partial charge in [-0.1, -0.05) is 0 Å². The van der Waals surface area contributed by atoms with E-state index in [1.807, 2.05) is 0 Å². The topological polar surface area (TPSA) is 335 Å². The second kappa shape index (κ2) is 14.6. The van der Waals surface area contributed by atoms with Crippen LogP contribution in [0, 0.1) is 0 Å². The summed E-state index contributed by atoms with van der Waals surface area (Å²) in [4.78, 5) is 24.1. The standard InChI is InChI=1S/C23H39NO19/c1-6(28)24-11-17(14(33)9(4-26)39-20(11)36)41-21-16(35)19(15(34)10(5-27)40-21)43-23(22(37)38)2-7(29)12(31)18(42-23)13(32)8(30)3-25/h7-21,25-27,29-36H,2-5H2,1H3,(H,24,28)(H,37,38)/t7-,8+,9+,10+,11+,12+,13+,14-,15-,16+,17+,18+,19-,20-,21-,23-/m0/s1. The van der Waals surface area contributed by atoms with E-state index in [9.17, 15) is 65.8 Å². The van der Waals surface area contributed by atoms with Crippen LogP contribution in [0.1, 0.15) is 13.3 Å². The molecule has 0 unspecified atom stereocenters. The van der Waals surface area contributed by atoms with E-state index in [1.165, 1.54) is 0 Å². The number of carboxylic acids is 1. The van der Waals surface area contributed by atoms with E-state index in [2.05, 4.69) is 5.32 Å². The van der Waals surface area contributed by atoms with Crippen molar-refractivity contribution in [3.05, 3.63) is 0 Å². The number of hydrogen-bond acceptors (Lipinski definition) is 18. The van der Waals surface area contributed by atoms with Crippen LogP contribution >= 0.6 is 0 Å². The van der Waals surface area contributed by atoms with Gasteiger partial charge in [-0.2, -0.15) is 0 Å². The van der Waals surface area contributed by atoms with E-state index in [4.69, 9.17) is 28.8 Å². The van der Waals surface area contributed by atoms with Gasteiger partial charge in [-0.15, -0.1) is 0 Å². The normalized spacial score (nSPS) is 45.3. The first-order valence-corrected chi connectivity index (χ1v) is 13.2. The minimum atomic E-state index is -3.04. The fourth-order valence-corrected chi connectivity index (χ4v) is 5.13. The third kappa shape index (κ3) is 7.41. The summed E-state index contributed by atoms with van der Waals surface area (Å²) in [5, 5.41) is 125. The van der Waals surface area contributed by atoms with Crippen LogP contribution in [0.2, 0.25) is 0 Å². The molecule has 20 nitrogen and oxygen atoms in total. The van der Waals surface area contributed by atoms with E-state index in [0.29, 0.717) is 0 Å². The van der Waals surface area contributed by atoms with E-state index < -0.39 is 136 Å². The van der Waals surface area contributed by atoms with E-state index in [-0.39, 0.29) is 0 Å². The highest BCUT2D eigenvalue weighted by molar-refractivity contribution is 5.76. The highest BCUT2D eigenvalue weighted by Crippen LogP contribution is 2.38. The van der Waals surface area contributed by atoms with Gasteiger partial charge in [-0.3, -0.25) is 4.79 Å². The van der Waals surface area contributed by atoms with Crippen LogP contribution in [0.3, 0.4) is 0 Å². The second-order valence-electron chi connectivity index (χ2n) is 10.5. The Morgan fingerprint density at radius 3 is 2.02 bits per heavy atom. The molecule has 3 rings (SSSR count). The van der Waals surface area contributed by atoms with Crippen molar-refractivity contribution in [2.45, 2.75) is 111 Å². The highest BCUT2D eigenvalue weighted by Gasteiger charge is 2.59. The molecule has 0 saturated carbocycles. The zero-order valence-electron chi connectivity index (χ0n) is 22.7. The number of amides is 1. The lowest BCUT2D eigenvalue weighted by Crippen LogP contribution is -2.70. The summed E-state index contributed by atoms with van der Waals surface area (Å²) in [5.41, 5.74) is 0. The van der Waals surface area contributed by atoms with Crippen LogP contribution in [-0.4, -0.2) is 191 Å². The maximum absolute atomic E-state index is 12.4. The summed E-state index contributed by atoms with van der Waals surface area (Å²) in [5.74, 6) is -5.74. The molecule has 0 aromatic heterocycles. The predicted octanol–water partition coefficient (Wildman–Crippen LogP) is -8.22. The fraction of sp³-hybridized carbons (Fsp3) is 0.913. The molecule has 250 valence electrons. The fourth-order valence-electron chi connectivity index (χ4n) is 5.13. The predicted molar refractivity (Wildman–Crippen MR) is 130 cm³/mol. The molecular formula is C23H39NO19. The quantitative estimate of drug-likeness (QED) is 0.100. The molecule has 20 heteroatoms. The summed E-state index contributed by atoms with van der Waals surface area (Å²) < 4.78 is 26.9. The average molecular weight is 634 g/mol. The molecule has 0 aromatic carbocycles. The first kappa shape index (κ1) is 35.8. The molecule has 3 saturated heterocycles. The molecule has 16 atom stereocenters. The Kier molecular flexibility index (Phi) is 12.1. The van der Waals surface area contributed by atoms with Gasteiger partial charge < -0.3 is 90.3 Å². The third-order valence-corrected chi connectivity index (χ3v) is 7.46. The van der Waals surface area contributed by atoms with Crippen molar-refractivity contribution in [2.24, 2.45) is 0 Å². The lowest BCUT2D eigenvalue weighted by Gasteiger charge is -2.50. The van der Waals surface area contributed by atoms with Crippen molar-refractivity contribution < 1.29 is 94.6 Å². The lowest BCUT2D eigenvalue weighted by atomic mass is 9.90. The van der Waals surface area contributed by atoms with Gasteiger partial charge in [0, 0.05) is 13.3 Å². The number of hydrogen-bond donors (Lipinski definition) is 13. The van der Waals surface area contributed by atoms with Crippen LogP contribution in [0.4, 0.5) is 0 Å². The van der Waals surface area contributed by atoms with Gasteiger partial charge in [0.25, 0.3) is 5.79 Å². The third-order valence-electron chi connectivity index (χ3n) is 7.46. The molecule has 13 N–H and O–H groups in total. The van der Waals surface area contributed by atoms with Gasteiger partial charge in [-0.25, -0.2) is 4.79 Å². The summed E-state index contributed by atoms with van der Waals surface area (Å²) in [7, 11) is 0. The van der Waals surface area contributed by atoms with Crippen molar-refractivity contribution in [1.29, 1.82) is 0 Å². The van der Waals surface area contributed by atoms with Crippen molar-refractivity contribution >= 4 is 11.9 Å².